The van der Waals surface area contributed by atoms with Crippen LogP contribution in [-0.2, 0) is 4.79 Å². The molecule has 0 aromatic heterocycles. The van der Waals surface area contributed by atoms with Crippen LogP contribution >= 0.6 is 0 Å². The maximum absolute atomic E-state index is 10.0. The highest BCUT2D eigenvalue weighted by atomic mass is 16.4. The monoisotopic (exact) mass is 189 g/mol. The van der Waals surface area contributed by atoms with E-state index in [4.69, 9.17) is 5.84 Å². The maximum Gasteiger partial charge on any atom is 0.0851 e. The third-order valence-corrected chi connectivity index (χ3v) is 1.34. The molecular weight excluding hydrogens is 170 g/mol. The Morgan fingerprint density at radius 3 is 2.15 bits per heavy atom. The lowest BCUT2D eigenvalue weighted by Crippen LogP contribution is -2.41. The molecule has 1 atom stereocenters. The molecule has 1 saturated heterocycles. The predicted octanol–water partition coefficient (Wildman–Crippen LogP) is -1.95. The number of hydrogen-bond donors (Lipinski definition) is 2. The largest absolute Gasteiger partial charge is 0.548 e. The molecule has 3 N–H and O–H groups in total. The van der Waals surface area contributed by atoms with Crippen LogP contribution in [0.5, 0.6) is 0 Å². The SMILES string of the molecule is C[N+](C)(C)N.O=C([O-])[C@@H]1CCCN1. The molecule has 5 heteroatoms. The van der Waals surface area contributed by atoms with Gasteiger partial charge in [-0.15, -0.1) is 0 Å². The van der Waals surface area contributed by atoms with E-state index >= 15 is 0 Å². The molecule has 1 rings (SSSR count). The summed E-state index contributed by atoms with van der Waals surface area (Å²) in [5.74, 6) is 4.32. The Kier molecular flexibility index (Phi) is 4.90. The molecule has 0 saturated carbocycles. The molecule has 0 unspecified atom stereocenters. The van der Waals surface area contributed by atoms with Crippen LogP contribution in [0.1, 0.15) is 12.8 Å². The van der Waals surface area contributed by atoms with E-state index in [1.165, 1.54) is 0 Å². The van der Waals surface area contributed by atoms with E-state index in [0.29, 0.717) is 4.59 Å². The summed E-state index contributed by atoms with van der Waals surface area (Å²) in [6, 6.07) is -0.380. The standard InChI is InChI=1S/C5H9NO2.C3H11N2/c7-5(8)4-2-1-3-6-4;1-5(2,3)4/h4,6H,1-3H2,(H,7,8);4H2,1-3H3/q;+1/p-1/t4-;/m0./s1. The smallest absolute Gasteiger partial charge is 0.0851 e. The fourth-order valence-electron chi connectivity index (χ4n) is 0.886. The molecule has 0 spiro atoms. The molecule has 0 amide bonds. The first-order valence-corrected chi connectivity index (χ1v) is 4.35. The minimum absolute atomic E-state index is 0.380. The van der Waals surface area contributed by atoms with Crippen LogP contribution in [0.4, 0.5) is 0 Å². The van der Waals surface area contributed by atoms with Gasteiger partial charge in [0.1, 0.15) is 0 Å². The highest BCUT2D eigenvalue weighted by molar-refractivity contribution is 5.71. The van der Waals surface area contributed by atoms with Crippen molar-refractivity contribution in [3.8, 4) is 0 Å². The third-order valence-electron chi connectivity index (χ3n) is 1.34. The van der Waals surface area contributed by atoms with Gasteiger partial charge in [0.25, 0.3) is 0 Å². The molecule has 0 aromatic rings. The van der Waals surface area contributed by atoms with Gasteiger partial charge in [-0.25, -0.2) is 0 Å². The summed E-state index contributed by atoms with van der Waals surface area (Å²) < 4.78 is 0.500. The van der Waals surface area contributed by atoms with Crippen LogP contribution in [0.3, 0.4) is 0 Å². The molecule has 0 aliphatic carbocycles. The first-order valence-electron chi connectivity index (χ1n) is 4.35. The zero-order chi connectivity index (χ0) is 10.5. The molecular formula is C8H19N3O2. The Labute approximate surface area is 79.1 Å². The van der Waals surface area contributed by atoms with E-state index in [9.17, 15) is 9.90 Å². The minimum atomic E-state index is -0.970. The zero-order valence-corrected chi connectivity index (χ0v) is 8.54. The van der Waals surface area contributed by atoms with Gasteiger partial charge in [0.05, 0.1) is 27.1 Å². The quantitative estimate of drug-likeness (QED) is 0.286. The summed E-state index contributed by atoms with van der Waals surface area (Å²) in [5.41, 5.74) is 0. The highest BCUT2D eigenvalue weighted by Gasteiger charge is 2.13. The number of nitrogens with one attached hydrogen (secondary N) is 1. The topological polar surface area (TPSA) is 78.2 Å². The number of aliphatic carboxylic acids is 1. The average molecular weight is 189 g/mol. The molecule has 1 aliphatic rings. The van der Waals surface area contributed by atoms with E-state index in [2.05, 4.69) is 5.32 Å². The van der Waals surface area contributed by atoms with E-state index in [1.807, 2.05) is 21.1 Å². The number of hydrogen-bond acceptors (Lipinski definition) is 4. The van der Waals surface area contributed by atoms with E-state index in [0.717, 1.165) is 19.4 Å². The van der Waals surface area contributed by atoms with Crippen LogP contribution in [0.2, 0.25) is 0 Å². The first-order chi connectivity index (χ1) is 5.80. The normalized spacial score (nSPS) is 22.0. The van der Waals surface area contributed by atoms with Crippen molar-refractivity contribution in [2.45, 2.75) is 18.9 Å². The number of nitrogens with zero attached hydrogens (tertiary/aromatic N) is 1. The number of quaternary nitrogens is 1. The van der Waals surface area contributed by atoms with Crippen LogP contribution in [0, 0.1) is 0 Å². The van der Waals surface area contributed by atoms with Gasteiger partial charge in [-0.2, -0.15) is 5.84 Å². The second-order valence-corrected chi connectivity index (χ2v) is 4.08. The van der Waals surface area contributed by atoms with E-state index in [-0.39, 0.29) is 6.04 Å². The Balaban J connectivity index is 0.000000252. The summed E-state index contributed by atoms with van der Waals surface area (Å²) in [7, 11) is 5.71. The average Bonchev–Trinajstić information content (AvgIpc) is 2.31. The Bertz CT molecular complexity index is 153. The van der Waals surface area contributed by atoms with Crippen molar-refractivity contribution in [1.29, 1.82) is 0 Å². The molecule has 13 heavy (non-hydrogen) atoms. The number of carbonyl (C=O) groups is 1. The van der Waals surface area contributed by atoms with Crippen molar-refractivity contribution < 1.29 is 14.5 Å². The molecule has 78 valence electrons. The lowest BCUT2D eigenvalue weighted by atomic mass is 10.2. The lowest BCUT2D eigenvalue weighted by molar-refractivity contribution is -0.882. The minimum Gasteiger partial charge on any atom is -0.548 e. The molecule has 1 aliphatic heterocycles. The van der Waals surface area contributed by atoms with Crippen molar-refractivity contribution in [2.75, 3.05) is 27.7 Å². The fourth-order valence-corrected chi connectivity index (χ4v) is 0.886. The molecule has 5 nitrogen and oxygen atoms in total. The van der Waals surface area contributed by atoms with E-state index in [1.54, 1.807) is 0 Å². The molecule has 1 heterocycles. The van der Waals surface area contributed by atoms with E-state index < -0.39 is 5.97 Å². The van der Waals surface area contributed by atoms with Gasteiger partial charge in [0.2, 0.25) is 0 Å². The van der Waals surface area contributed by atoms with Crippen molar-refractivity contribution >= 4 is 5.97 Å². The second-order valence-electron chi connectivity index (χ2n) is 4.08. The Hall–Kier alpha value is -0.650. The molecule has 0 bridgehead atoms. The van der Waals surface area contributed by atoms with Crippen LogP contribution < -0.4 is 16.3 Å². The van der Waals surface area contributed by atoms with Crippen LogP contribution in [0.25, 0.3) is 0 Å². The van der Waals surface area contributed by atoms with Gasteiger partial charge < -0.3 is 15.2 Å². The number of rotatable bonds is 1. The third kappa shape index (κ3) is 9.26. The zero-order valence-electron chi connectivity index (χ0n) is 8.54. The first kappa shape index (κ1) is 12.3. The molecule has 0 radical (unpaired) electrons. The fraction of sp³-hybridized carbons (Fsp3) is 0.875. The van der Waals surface area contributed by atoms with Gasteiger partial charge in [-0.3, -0.25) is 4.59 Å². The van der Waals surface area contributed by atoms with Crippen molar-refractivity contribution in [1.82, 2.24) is 5.32 Å². The Morgan fingerprint density at radius 1 is 1.54 bits per heavy atom. The summed E-state index contributed by atoms with van der Waals surface area (Å²) in [4.78, 5) is 10.0. The lowest BCUT2D eigenvalue weighted by Gasteiger charge is -2.12. The van der Waals surface area contributed by atoms with Crippen molar-refractivity contribution in [3.63, 3.8) is 0 Å². The molecule has 0 aromatic carbocycles. The van der Waals surface area contributed by atoms with Gasteiger partial charge in [0, 0.05) is 6.04 Å². The predicted molar refractivity (Wildman–Crippen MR) is 48.3 cm³/mol. The maximum atomic E-state index is 10.0. The Morgan fingerprint density at radius 2 is 2.00 bits per heavy atom. The number of carboxylic acids is 1. The van der Waals surface area contributed by atoms with Crippen molar-refractivity contribution in [3.05, 3.63) is 0 Å². The summed E-state index contributed by atoms with van der Waals surface area (Å²) in [6.07, 6.45) is 1.68. The highest BCUT2D eigenvalue weighted by Crippen LogP contribution is 2.02. The van der Waals surface area contributed by atoms with Gasteiger partial charge >= 0.3 is 0 Å². The summed E-state index contributed by atoms with van der Waals surface area (Å²) in [5, 5.41) is 12.8. The summed E-state index contributed by atoms with van der Waals surface area (Å²) >= 11 is 0. The van der Waals surface area contributed by atoms with Gasteiger partial charge in [-0.05, 0) is 19.4 Å². The van der Waals surface area contributed by atoms with Crippen LogP contribution in [0.15, 0.2) is 0 Å². The van der Waals surface area contributed by atoms with Gasteiger partial charge in [-0.1, -0.05) is 0 Å². The number of carbonyl (C=O) groups excluding carboxylic acids is 1. The van der Waals surface area contributed by atoms with Gasteiger partial charge in [0.15, 0.2) is 0 Å². The number of nitrogens with two attached hydrogens (primary N) is 1. The molecule has 1 fully saturated rings. The summed E-state index contributed by atoms with van der Waals surface area (Å²) in [6.45, 7) is 0.818. The van der Waals surface area contributed by atoms with Crippen molar-refractivity contribution in [2.24, 2.45) is 5.84 Å². The number of carboxylic acid groups (broad SMARTS) is 1. The second kappa shape index (κ2) is 5.16. The van der Waals surface area contributed by atoms with Crippen LogP contribution in [-0.4, -0.2) is 44.3 Å².